The number of nitrogens with zero attached hydrogens (tertiary/aromatic N) is 4. The summed E-state index contributed by atoms with van der Waals surface area (Å²) >= 11 is 6.34. The summed E-state index contributed by atoms with van der Waals surface area (Å²) < 4.78 is 0. The molecule has 6 rings (SSSR count). The maximum absolute atomic E-state index is 13.4. The third kappa shape index (κ3) is 4.72. The van der Waals surface area contributed by atoms with E-state index in [1.54, 1.807) is 6.07 Å². The minimum Gasteiger partial charge on any atom is -0.339 e. The summed E-state index contributed by atoms with van der Waals surface area (Å²) in [4.78, 5) is 37.1. The largest absolute Gasteiger partial charge is 0.339 e. The first kappa shape index (κ1) is 25.1. The topological polar surface area (TPSA) is 56.8 Å². The molecule has 1 atom stereocenters. The number of aryl methyl sites for hydroxylation is 1. The molecule has 3 aliphatic rings. The van der Waals surface area contributed by atoms with Crippen LogP contribution in [-0.4, -0.2) is 64.2 Å². The van der Waals surface area contributed by atoms with Crippen LogP contribution in [0.25, 0.3) is 0 Å². The van der Waals surface area contributed by atoms with Crippen molar-refractivity contribution in [2.75, 3.05) is 26.7 Å². The van der Waals surface area contributed by atoms with Gasteiger partial charge in [0.05, 0.1) is 16.6 Å². The number of halogens is 1. The van der Waals surface area contributed by atoms with Gasteiger partial charge >= 0.3 is 0 Å². The van der Waals surface area contributed by atoms with Gasteiger partial charge in [0, 0.05) is 57.2 Å². The van der Waals surface area contributed by atoms with E-state index in [4.69, 9.17) is 11.6 Å². The summed E-state index contributed by atoms with van der Waals surface area (Å²) in [5.74, 6) is 0.0957. The lowest BCUT2D eigenvalue weighted by molar-refractivity contribution is 0.0642. The van der Waals surface area contributed by atoms with Crippen molar-refractivity contribution >= 4 is 23.4 Å². The molecule has 0 radical (unpaired) electrons. The second-order valence-electron chi connectivity index (χ2n) is 10.8. The van der Waals surface area contributed by atoms with Gasteiger partial charge in [-0.2, -0.15) is 0 Å². The van der Waals surface area contributed by atoms with Crippen molar-refractivity contribution < 1.29 is 9.59 Å². The lowest BCUT2D eigenvalue weighted by Crippen LogP contribution is -2.46. The first-order valence-electron chi connectivity index (χ1n) is 13.6. The summed E-state index contributed by atoms with van der Waals surface area (Å²) in [7, 11) is 1.94. The van der Waals surface area contributed by atoms with Gasteiger partial charge in [-0.3, -0.25) is 14.6 Å². The van der Waals surface area contributed by atoms with Crippen LogP contribution >= 0.6 is 11.6 Å². The second-order valence-corrected chi connectivity index (χ2v) is 11.2. The Morgan fingerprint density at radius 3 is 2.61 bits per heavy atom. The Morgan fingerprint density at radius 2 is 1.84 bits per heavy atom. The summed E-state index contributed by atoms with van der Waals surface area (Å²) in [5, 5.41) is 0.525. The molecule has 38 heavy (non-hydrogen) atoms. The number of likely N-dealkylation sites (tertiary alicyclic amines) is 1. The number of carbonyl (C=O) groups excluding carboxylic acids is 2. The molecule has 0 spiro atoms. The molecule has 1 aromatic heterocycles. The number of piperidine rings is 1. The van der Waals surface area contributed by atoms with Crippen LogP contribution in [0.1, 0.15) is 68.3 Å². The van der Waals surface area contributed by atoms with Gasteiger partial charge in [-0.05, 0) is 84.7 Å². The Kier molecular flexibility index (Phi) is 6.93. The zero-order valence-corrected chi connectivity index (χ0v) is 22.5. The standard InChI is InChI=1S/C31H33ClN4O2/c1-34(25-12-17-35(18-13-25)16-11-21-9-14-33-15-10-21)30(37)23-5-7-26-22(19-23)6-8-28(26)36-20-24-3-2-4-27(32)29(24)31(36)38/h2-5,7,9-10,14-15,19,25,28H,6,8,11-13,16-18,20H2,1H3/t28-/m1/s1. The Hall–Kier alpha value is -3.22. The number of carbonyl (C=O) groups is 2. The van der Waals surface area contributed by atoms with Crippen molar-refractivity contribution in [1.82, 2.24) is 19.7 Å². The van der Waals surface area contributed by atoms with Crippen molar-refractivity contribution in [2.24, 2.45) is 0 Å². The van der Waals surface area contributed by atoms with E-state index in [2.05, 4.69) is 34.1 Å². The number of benzene rings is 2. The van der Waals surface area contributed by atoms with E-state index in [1.165, 1.54) is 11.1 Å². The van der Waals surface area contributed by atoms with E-state index in [9.17, 15) is 9.59 Å². The summed E-state index contributed by atoms with van der Waals surface area (Å²) in [6.07, 6.45) is 8.45. The summed E-state index contributed by atoms with van der Waals surface area (Å²) in [5.41, 5.74) is 6.02. The average molecular weight is 529 g/mol. The van der Waals surface area contributed by atoms with Gasteiger partial charge in [-0.25, -0.2) is 0 Å². The molecule has 2 amide bonds. The quantitative estimate of drug-likeness (QED) is 0.443. The number of rotatable bonds is 6. The van der Waals surface area contributed by atoms with Crippen LogP contribution in [0.3, 0.4) is 0 Å². The van der Waals surface area contributed by atoms with E-state index in [-0.39, 0.29) is 23.9 Å². The van der Waals surface area contributed by atoms with Gasteiger partial charge in [0.25, 0.3) is 11.8 Å². The van der Waals surface area contributed by atoms with Gasteiger partial charge in [-0.15, -0.1) is 0 Å². The molecule has 0 saturated carbocycles. The van der Waals surface area contributed by atoms with E-state index in [0.717, 1.165) is 68.4 Å². The predicted octanol–water partition coefficient (Wildman–Crippen LogP) is 5.16. The van der Waals surface area contributed by atoms with Crippen LogP contribution in [-0.2, 0) is 19.4 Å². The summed E-state index contributed by atoms with van der Waals surface area (Å²) in [6, 6.07) is 16.2. The lowest BCUT2D eigenvalue weighted by atomic mass is 10.00. The van der Waals surface area contributed by atoms with Crippen molar-refractivity contribution in [3.63, 3.8) is 0 Å². The molecule has 1 saturated heterocycles. The molecule has 1 aliphatic carbocycles. The zero-order valence-electron chi connectivity index (χ0n) is 21.8. The smallest absolute Gasteiger partial charge is 0.256 e. The fourth-order valence-electron chi connectivity index (χ4n) is 6.38. The first-order valence-corrected chi connectivity index (χ1v) is 14.0. The molecule has 0 unspecified atom stereocenters. The van der Waals surface area contributed by atoms with Crippen molar-refractivity contribution in [1.29, 1.82) is 0 Å². The number of hydrogen-bond acceptors (Lipinski definition) is 4. The number of amides is 2. The Bertz CT molecular complexity index is 1350. The highest BCUT2D eigenvalue weighted by atomic mass is 35.5. The number of pyridine rings is 1. The third-order valence-corrected chi connectivity index (χ3v) is 8.93. The second kappa shape index (κ2) is 10.5. The summed E-state index contributed by atoms with van der Waals surface area (Å²) in [6.45, 7) is 3.64. The van der Waals surface area contributed by atoms with E-state index < -0.39 is 0 Å². The van der Waals surface area contributed by atoms with Gasteiger partial charge in [0.1, 0.15) is 0 Å². The number of fused-ring (bicyclic) bond motifs is 2. The SMILES string of the molecule is CN(C(=O)c1ccc2c(c1)CC[C@H]2N1Cc2cccc(Cl)c2C1=O)C1CCN(CCc2ccncc2)CC1. The highest BCUT2D eigenvalue weighted by Gasteiger charge is 2.38. The van der Waals surface area contributed by atoms with Crippen molar-refractivity contribution in [2.45, 2.75) is 50.7 Å². The minimum absolute atomic E-state index is 0.00968. The maximum atomic E-state index is 13.4. The normalized spacial score (nSPS) is 19.5. The van der Waals surface area contributed by atoms with Crippen LogP contribution in [0.15, 0.2) is 60.9 Å². The van der Waals surface area contributed by atoms with Crippen LogP contribution in [0.4, 0.5) is 0 Å². The highest BCUT2D eigenvalue weighted by molar-refractivity contribution is 6.34. The van der Waals surface area contributed by atoms with Crippen LogP contribution < -0.4 is 0 Å². The lowest BCUT2D eigenvalue weighted by Gasteiger charge is -2.37. The van der Waals surface area contributed by atoms with Gasteiger partial charge in [0.15, 0.2) is 0 Å². The molecule has 3 aromatic rings. The molecular formula is C31H33ClN4O2. The number of hydrogen-bond donors (Lipinski definition) is 0. The molecule has 2 aromatic carbocycles. The van der Waals surface area contributed by atoms with E-state index in [0.29, 0.717) is 17.1 Å². The monoisotopic (exact) mass is 528 g/mol. The molecule has 196 valence electrons. The number of aromatic nitrogens is 1. The van der Waals surface area contributed by atoms with Crippen molar-refractivity contribution in [3.8, 4) is 0 Å². The van der Waals surface area contributed by atoms with E-state index >= 15 is 0 Å². The molecule has 7 heteroatoms. The Morgan fingerprint density at radius 1 is 1.05 bits per heavy atom. The molecular weight excluding hydrogens is 496 g/mol. The zero-order chi connectivity index (χ0) is 26.2. The van der Waals surface area contributed by atoms with Crippen LogP contribution in [0.5, 0.6) is 0 Å². The van der Waals surface area contributed by atoms with Gasteiger partial charge < -0.3 is 14.7 Å². The highest BCUT2D eigenvalue weighted by Crippen LogP contribution is 2.41. The average Bonchev–Trinajstić information content (AvgIpc) is 3.52. The minimum atomic E-state index is 0.00968. The molecule has 6 nitrogen and oxygen atoms in total. The fourth-order valence-corrected chi connectivity index (χ4v) is 6.65. The van der Waals surface area contributed by atoms with Crippen LogP contribution in [0, 0.1) is 0 Å². The molecule has 3 heterocycles. The Balaban J connectivity index is 1.07. The molecule has 2 aliphatic heterocycles. The first-order chi connectivity index (χ1) is 18.5. The fraction of sp³-hybridized carbons (Fsp3) is 0.387. The molecule has 0 N–H and O–H groups in total. The molecule has 1 fully saturated rings. The van der Waals surface area contributed by atoms with E-state index in [1.807, 2.05) is 47.4 Å². The third-order valence-electron chi connectivity index (χ3n) is 8.62. The van der Waals surface area contributed by atoms with Gasteiger partial charge in [-0.1, -0.05) is 29.8 Å². The molecule has 0 bridgehead atoms. The van der Waals surface area contributed by atoms with Crippen molar-refractivity contribution in [3.05, 3.63) is 99.3 Å². The maximum Gasteiger partial charge on any atom is 0.256 e. The Labute approximate surface area is 229 Å². The van der Waals surface area contributed by atoms with Gasteiger partial charge in [0.2, 0.25) is 0 Å². The van der Waals surface area contributed by atoms with Crippen LogP contribution in [0.2, 0.25) is 5.02 Å². The predicted molar refractivity (Wildman–Crippen MR) is 148 cm³/mol.